The van der Waals surface area contributed by atoms with E-state index in [9.17, 15) is 18.4 Å². The zero-order chi connectivity index (χ0) is 30.3. The van der Waals surface area contributed by atoms with Gasteiger partial charge in [0.05, 0.1) is 13.2 Å². The van der Waals surface area contributed by atoms with E-state index in [0.29, 0.717) is 63.0 Å². The van der Waals surface area contributed by atoms with Gasteiger partial charge in [0.15, 0.2) is 0 Å². The first-order valence-corrected chi connectivity index (χ1v) is 14.8. The van der Waals surface area contributed by atoms with Crippen LogP contribution in [0.3, 0.4) is 0 Å². The summed E-state index contributed by atoms with van der Waals surface area (Å²) in [5.74, 6) is -3.33. The normalized spacial score (nSPS) is 19.5. The van der Waals surface area contributed by atoms with Gasteiger partial charge in [-0.1, -0.05) is 35.3 Å². The number of carbonyl (C=O) groups is 2. The maximum absolute atomic E-state index is 14.4. The Hall–Kier alpha value is -2.34. The lowest BCUT2D eigenvalue weighted by Gasteiger charge is -2.42. The third-order valence-electron chi connectivity index (χ3n) is 8.18. The summed E-state index contributed by atoms with van der Waals surface area (Å²) in [6.07, 6.45) is 0.255. The van der Waals surface area contributed by atoms with Crippen LogP contribution in [0.15, 0.2) is 36.4 Å². The van der Waals surface area contributed by atoms with Crippen LogP contribution in [0.5, 0.6) is 0 Å². The highest BCUT2D eigenvalue weighted by atomic mass is 35.5. The summed E-state index contributed by atoms with van der Waals surface area (Å²) in [6.45, 7) is 5.54. The van der Waals surface area contributed by atoms with E-state index < -0.39 is 47.0 Å². The second-order valence-corrected chi connectivity index (χ2v) is 11.6. The van der Waals surface area contributed by atoms with Crippen LogP contribution in [0.2, 0.25) is 10.0 Å². The van der Waals surface area contributed by atoms with Crippen molar-refractivity contribution in [1.82, 2.24) is 10.6 Å². The zero-order valence-corrected chi connectivity index (χ0v) is 25.2. The lowest BCUT2D eigenvalue weighted by Crippen LogP contribution is -2.54. The number of hydrogen-bond donors (Lipinski definition) is 2. The molecule has 2 saturated heterocycles. The van der Waals surface area contributed by atoms with Crippen molar-refractivity contribution in [2.45, 2.75) is 76.2 Å². The summed E-state index contributed by atoms with van der Waals surface area (Å²) in [6, 6.07) is 8.65. The summed E-state index contributed by atoms with van der Waals surface area (Å²) < 4.78 is 52.3. The first kappa shape index (κ1) is 32.6. The maximum atomic E-state index is 14.4. The van der Waals surface area contributed by atoms with Gasteiger partial charge in [-0.15, -0.1) is 0 Å². The zero-order valence-electron chi connectivity index (χ0n) is 23.7. The molecule has 2 heterocycles. The quantitative estimate of drug-likeness (QED) is 0.277. The Labute approximate surface area is 254 Å². The van der Waals surface area contributed by atoms with Gasteiger partial charge >= 0.3 is 11.9 Å². The molecule has 0 saturated carbocycles. The number of piperidine rings is 2. The van der Waals surface area contributed by atoms with Gasteiger partial charge < -0.3 is 29.6 Å². The van der Waals surface area contributed by atoms with Crippen LogP contribution in [-0.2, 0) is 41.8 Å². The van der Waals surface area contributed by atoms with Crippen LogP contribution in [0.1, 0.15) is 50.7 Å². The minimum absolute atomic E-state index is 0.0610. The molecule has 12 heteroatoms. The van der Waals surface area contributed by atoms with E-state index in [4.69, 9.17) is 42.1 Å². The number of ether oxygens (including phenoxy) is 4. The average molecular weight is 630 g/mol. The van der Waals surface area contributed by atoms with Crippen molar-refractivity contribution in [3.63, 3.8) is 0 Å². The van der Waals surface area contributed by atoms with Crippen LogP contribution in [0.4, 0.5) is 8.78 Å². The molecule has 2 atom stereocenters. The number of carbonyl (C=O) groups excluding carboxylic acids is 2. The largest absolute Gasteiger partial charge is 0.451 e. The van der Waals surface area contributed by atoms with Crippen LogP contribution in [0, 0.1) is 11.6 Å². The third-order valence-corrected chi connectivity index (χ3v) is 8.65. The van der Waals surface area contributed by atoms with Gasteiger partial charge in [0.25, 0.3) is 0 Å². The highest BCUT2D eigenvalue weighted by Gasteiger charge is 2.45. The van der Waals surface area contributed by atoms with Gasteiger partial charge in [-0.2, -0.15) is 0 Å². The molecule has 8 nitrogen and oxygen atoms in total. The molecule has 0 spiro atoms. The Morgan fingerprint density at radius 3 is 1.43 bits per heavy atom. The molecule has 2 aromatic rings. The smallest absolute Gasteiger partial charge is 0.417 e. The molecule has 0 bridgehead atoms. The highest BCUT2D eigenvalue weighted by Crippen LogP contribution is 2.33. The number of hydrogen-bond acceptors (Lipinski definition) is 8. The van der Waals surface area contributed by atoms with Crippen molar-refractivity contribution in [3.8, 4) is 0 Å². The molecule has 2 N–H and O–H groups in total. The fourth-order valence-electron chi connectivity index (χ4n) is 5.39. The van der Waals surface area contributed by atoms with Crippen molar-refractivity contribution in [2.75, 3.05) is 26.2 Å². The van der Waals surface area contributed by atoms with E-state index in [1.165, 1.54) is 12.1 Å². The molecule has 0 amide bonds. The molecule has 4 rings (SSSR count). The molecule has 2 aliphatic heterocycles. The van der Waals surface area contributed by atoms with E-state index in [0.717, 1.165) is 0 Å². The van der Waals surface area contributed by atoms with Gasteiger partial charge in [-0.3, -0.25) is 0 Å². The van der Waals surface area contributed by atoms with E-state index in [2.05, 4.69) is 10.6 Å². The number of nitrogens with one attached hydrogen (secondary N) is 2. The second-order valence-electron chi connectivity index (χ2n) is 10.8. The predicted molar refractivity (Wildman–Crippen MR) is 153 cm³/mol. The summed E-state index contributed by atoms with van der Waals surface area (Å²) in [5, 5.41) is 7.01. The molecule has 230 valence electrons. The van der Waals surface area contributed by atoms with Crippen LogP contribution in [-0.4, -0.2) is 61.5 Å². The van der Waals surface area contributed by atoms with E-state index in [-0.39, 0.29) is 23.3 Å². The fourth-order valence-corrected chi connectivity index (χ4v) is 5.71. The Morgan fingerprint density at radius 1 is 0.738 bits per heavy atom. The molecule has 0 aromatic heterocycles. The van der Waals surface area contributed by atoms with Crippen LogP contribution < -0.4 is 10.6 Å². The molecule has 2 aromatic carbocycles. The predicted octanol–water partition coefficient (Wildman–Crippen LogP) is 5.11. The summed E-state index contributed by atoms with van der Waals surface area (Å²) in [4.78, 5) is 25.8. The lowest BCUT2D eigenvalue weighted by atomic mass is 9.86. The van der Waals surface area contributed by atoms with Crippen LogP contribution in [0.25, 0.3) is 0 Å². The SMILES string of the molecule is CC(OC(=O)C(=O)OC(C)C1(OCc2ccc(Cl)cc2F)CCNCC1)C1(OCc2ccc(Cl)cc2F)CCNCC1. The second kappa shape index (κ2) is 14.4. The van der Waals surface area contributed by atoms with Crippen molar-refractivity contribution in [2.24, 2.45) is 0 Å². The van der Waals surface area contributed by atoms with Crippen molar-refractivity contribution < 1.29 is 37.3 Å². The number of benzene rings is 2. The van der Waals surface area contributed by atoms with Crippen molar-refractivity contribution >= 4 is 35.1 Å². The van der Waals surface area contributed by atoms with Gasteiger partial charge in [0.2, 0.25) is 0 Å². The summed E-state index contributed by atoms with van der Waals surface area (Å²) in [5.41, 5.74) is -1.26. The minimum Gasteiger partial charge on any atom is -0.451 e. The molecular weight excluding hydrogens is 593 g/mol. The topological polar surface area (TPSA) is 95.1 Å². The molecular formula is C30H36Cl2F2N2O6. The van der Waals surface area contributed by atoms with Gasteiger partial charge in [0.1, 0.15) is 35.0 Å². The first-order valence-electron chi connectivity index (χ1n) is 14.0. The van der Waals surface area contributed by atoms with E-state index in [1.54, 1.807) is 38.1 Å². The van der Waals surface area contributed by atoms with Crippen molar-refractivity contribution in [1.29, 1.82) is 0 Å². The van der Waals surface area contributed by atoms with E-state index in [1.807, 2.05) is 0 Å². The Bertz CT molecular complexity index is 1160. The van der Waals surface area contributed by atoms with Crippen LogP contribution >= 0.6 is 23.2 Å². The van der Waals surface area contributed by atoms with Crippen molar-refractivity contribution in [3.05, 3.63) is 69.2 Å². The number of esters is 2. The molecule has 2 aliphatic rings. The number of halogens is 4. The van der Waals surface area contributed by atoms with E-state index >= 15 is 0 Å². The third kappa shape index (κ3) is 7.98. The molecule has 0 radical (unpaired) electrons. The Balaban J connectivity index is 1.39. The summed E-state index contributed by atoms with van der Waals surface area (Å²) >= 11 is 11.7. The average Bonchev–Trinajstić information content (AvgIpc) is 2.97. The van der Waals surface area contributed by atoms with Gasteiger partial charge in [-0.05, 0) is 90.0 Å². The minimum atomic E-state index is -1.17. The van der Waals surface area contributed by atoms with Gasteiger partial charge in [-0.25, -0.2) is 18.4 Å². The maximum Gasteiger partial charge on any atom is 0.417 e. The number of rotatable bonds is 10. The lowest BCUT2D eigenvalue weighted by molar-refractivity contribution is -0.200. The molecule has 2 unspecified atom stereocenters. The molecule has 42 heavy (non-hydrogen) atoms. The van der Waals surface area contributed by atoms with Gasteiger partial charge in [0, 0.05) is 21.2 Å². The fraction of sp³-hybridized carbons (Fsp3) is 0.533. The first-order chi connectivity index (χ1) is 20.0. The standard InChI is InChI=1S/C30H36Cl2F2N2O6/c1-19(29(7-11-35-12-8-29)39-17-21-3-5-23(31)15-25(21)33)41-27(37)28(38)42-20(2)30(9-13-36-14-10-30)40-18-22-4-6-24(32)16-26(22)34/h3-6,15-16,19-20,35-36H,7-14,17-18H2,1-2H3. The highest BCUT2D eigenvalue weighted by molar-refractivity contribution is 6.31. The molecule has 0 aliphatic carbocycles. The Morgan fingerprint density at radius 2 is 1.10 bits per heavy atom. The monoisotopic (exact) mass is 628 g/mol. The molecule has 2 fully saturated rings. The summed E-state index contributed by atoms with van der Waals surface area (Å²) in [7, 11) is 0. The Kier molecular flexibility index (Phi) is 11.2.